The van der Waals surface area contributed by atoms with Crippen LogP contribution in [0.25, 0.3) is 0 Å². The van der Waals surface area contributed by atoms with Crippen LogP contribution in [0.4, 0.5) is 0 Å². The monoisotopic (exact) mass is 308 g/mol. The quantitative estimate of drug-likeness (QED) is 0.773. The van der Waals surface area contributed by atoms with E-state index in [9.17, 15) is 4.79 Å². The summed E-state index contributed by atoms with van der Waals surface area (Å²) in [6, 6.07) is 17.1. The summed E-state index contributed by atoms with van der Waals surface area (Å²) in [5.74, 6) is 1.91. The van der Waals surface area contributed by atoms with E-state index in [0.29, 0.717) is 12.2 Å². The third kappa shape index (κ3) is 3.15. The van der Waals surface area contributed by atoms with Crippen LogP contribution in [0.2, 0.25) is 0 Å². The summed E-state index contributed by atoms with van der Waals surface area (Å²) >= 11 is 0. The molecule has 3 nitrogen and oxygen atoms in total. The lowest BCUT2D eigenvalue weighted by Gasteiger charge is -2.27. The Morgan fingerprint density at radius 2 is 1.48 bits per heavy atom. The third-order valence-electron chi connectivity index (χ3n) is 4.78. The fourth-order valence-electron chi connectivity index (χ4n) is 3.62. The molecule has 3 heteroatoms. The molecule has 0 aromatic heterocycles. The Balaban J connectivity index is 1.44. The fourth-order valence-corrected chi connectivity index (χ4v) is 3.62. The average Bonchev–Trinajstić information content (AvgIpc) is 2.94. The summed E-state index contributed by atoms with van der Waals surface area (Å²) in [4.78, 5) is 12.7. The lowest BCUT2D eigenvalue weighted by atomic mass is 9.88. The largest absolute Gasteiger partial charge is 0.457 e. The van der Waals surface area contributed by atoms with Gasteiger partial charge in [0, 0.05) is 11.5 Å². The molecule has 118 valence electrons. The maximum Gasteiger partial charge on any atom is 0.166 e. The zero-order valence-corrected chi connectivity index (χ0v) is 13.0. The molecule has 0 aliphatic carbocycles. The first-order chi connectivity index (χ1) is 11.3. The summed E-state index contributed by atoms with van der Waals surface area (Å²) in [6.07, 6.45) is 4.55. The molecule has 4 rings (SSSR count). The van der Waals surface area contributed by atoms with Gasteiger partial charge in [-0.05, 0) is 62.1 Å². The summed E-state index contributed by atoms with van der Waals surface area (Å²) in [7, 11) is 0. The van der Waals surface area contributed by atoms with E-state index in [-0.39, 0.29) is 11.7 Å². The molecule has 0 amide bonds. The van der Waals surface area contributed by atoms with Gasteiger partial charge in [-0.15, -0.1) is 0 Å². The van der Waals surface area contributed by atoms with Crippen LogP contribution in [0.15, 0.2) is 54.6 Å². The number of carbonyl (C=O) groups excluding carboxylic acids is 1. The highest BCUT2D eigenvalue weighted by molar-refractivity contribution is 5.98. The molecule has 2 aromatic carbocycles. The molecule has 0 spiro atoms. The van der Waals surface area contributed by atoms with Crippen LogP contribution < -0.4 is 4.74 Å². The van der Waals surface area contributed by atoms with E-state index in [4.69, 9.17) is 9.47 Å². The molecule has 2 bridgehead atoms. The molecule has 0 saturated carbocycles. The Labute approximate surface area is 136 Å². The van der Waals surface area contributed by atoms with Gasteiger partial charge in [-0.1, -0.05) is 18.2 Å². The average molecular weight is 308 g/mol. The minimum Gasteiger partial charge on any atom is -0.457 e. The van der Waals surface area contributed by atoms with Crippen molar-refractivity contribution in [2.75, 3.05) is 0 Å². The summed E-state index contributed by atoms with van der Waals surface area (Å²) in [6.45, 7) is 0. The van der Waals surface area contributed by atoms with E-state index >= 15 is 0 Å². The molecule has 2 aliphatic rings. The van der Waals surface area contributed by atoms with Crippen LogP contribution in [-0.2, 0) is 4.74 Å². The number of carbonyl (C=O) groups is 1. The highest BCUT2D eigenvalue weighted by atomic mass is 16.5. The first-order valence-corrected chi connectivity index (χ1v) is 8.30. The zero-order valence-electron chi connectivity index (χ0n) is 13.0. The summed E-state index contributed by atoms with van der Waals surface area (Å²) in [5.41, 5.74) is 0.775. The second-order valence-corrected chi connectivity index (χ2v) is 6.43. The van der Waals surface area contributed by atoms with Gasteiger partial charge < -0.3 is 9.47 Å². The number of benzene rings is 2. The standard InChI is InChI=1S/C20H20O3/c21-20(15-12-18-10-11-19(13-15)23-18)14-6-8-17(9-7-14)22-16-4-2-1-3-5-16/h1-9,15,18-19H,10-13H2. The van der Waals surface area contributed by atoms with E-state index in [1.807, 2.05) is 54.6 Å². The molecule has 2 saturated heterocycles. The molecule has 2 heterocycles. The van der Waals surface area contributed by atoms with Gasteiger partial charge in [0.2, 0.25) is 0 Å². The van der Waals surface area contributed by atoms with E-state index in [1.165, 1.54) is 0 Å². The molecule has 23 heavy (non-hydrogen) atoms. The van der Waals surface area contributed by atoms with Gasteiger partial charge in [0.1, 0.15) is 11.5 Å². The number of para-hydroxylation sites is 1. The molecular weight excluding hydrogens is 288 g/mol. The number of ketones is 1. The molecule has 2 fully saturated rings. The lowest BCUT2D eigenvalue weighted by molar-refractivity contribution is -0.0149. The Kier molecular flexibility index (Phi) is 3.88. The van der Waals surface area contributed by atoms with Crippen molar-refractivity contribution in [3.8, 4) is 11.5 Å². The van der Waals surface area contributed by atoms with Crippen molar-refractivity contribution < 1.29 is 14.3 Å². The van der Waals surface area contributed by atoms with Gasteiger partial charge in [0.25, 0.3) is 0 Å². The Morgan fingerprint density at radius 1 is 0.870 bits per heavy atom. The lowest BCUT2D eigenvalue weighted by Crippen LogP contribution is -2.30. The molecule has 2 atom stereocenters. The van der Waals surface area contributed by atoms with Crippen LogP contribution in [0, 0.1) is 5.92 Å². The predicted octanol–water partition coefficient (Wildman–Crippen LogP) is 4.62. The van der Waals surface area contributed by atoms with E-state index < -0.39 is 0 Å². The summed E-state index contributed by atoms with van der Waals surface area (Å²) in [5, 5.41) is 0. The van der Waals surface area contributed by atoms with Crippen molar-refractivity contribution in [1.82, 2.24) is 0 Å². The first kappa shape index (κ1) is 14.5. The second-order valence-electron chi connectivity index (χ2n) is 6.43. The van der Waals surface area contributed by atoms with Crippen molar-refractivity contribution in [2.45, 2.75) is 37.9 Å². The van der Waals surface area contributed by atoms with E-state index in [1.54, 1.807) is 0 Å². The van der Waals surface area contributed by atoms with Crippen molar-refractivity contribution in [3.63, 3.8) is 0 Å². The fraction of sp³-hybridized carbons (Fsp3) is 0.350. The van der Waals surface area contributed by atoms with Crippen molar-refractivity contribution >= 4 is 5.78 Å². The molecule has 2 aromatic rings. The van der Waals surface area contributed by atoms with Crippen molar-refractivity contribution in [2.24, 2.45) is 5.92 Å². The molecule has 2 unspecified atom stereocenters. The number of hydrogen-bond acceptors (Lipinski definition) is 3. The highest BCUT2D eigenvalue weighted by Crippen LogP contribution is 2.37. The van der Waals surface area contributed by atoms with Gasteiger partial charge in [-0.3, -0.25) is 4.79 Å². The van der Waals surface area contributed by atoms with Crippen LogP contribution in [0.5, 0.6) is 11.5 Å². The third-order valence-corrected chi connectivity index (χ3v) is 4.78. The maximum absolute atomic E-state index is 12.7. The minimum absolute atomic E-state index is 0.113. The minimum atomic E-state index is 0.113. The molecule has 0 radical (unpaired) electrons. The number of rotatable bonds is 4. The topological polar surface area (TPSA) is 35.5 Å². The summed E-state index contributed by atoms with van der Waals surface area (Å²) < 4.78 is 11.6. The molecule has 2 aliphatic heterocycles. The van der Waals surface area contributed by atoms with Crippen LogP contribution >= 0.6 is 0 Å². The smallest absolute Gasteiger partial charge is 0.166 e. The molecular formula is C20H20O3. The maximum atomic E-state index is 12.7. The second kappa shape index (κ2) is 6.17. The van der Waals surface area contributed by atoms with Crippen LogP contribution in [0.1, 0.15) is 36.0 Å². The SMILES string of the molecule is O=C(c1ccc(Oc2ccccc2)cc1)C1CC2CCC(C1)O2. The highest BCUT2D eigenvalue weighted by Gasteiger charge is 2.38. The zero-order chi connectivity index (χ0) is 15.6. The van der Waals surface area contributed by atoms with Crippen molar-refractivity contribution in [1.29, 1.82) is 0 Å². The van der Waals surface area contributed by atoms with E-state index in [0.717, 1.165) is 42.7 Å². The Bertz CT molecular complexity index is 666. The predicted molar refractivity (Wildman–Crippen MR) is 87.9 cm³/mol. The Morgan fingerprint density at radius 3 is 2.13 bits per heavy atom. The van der Waals surface area contributed by atoms with Gasteiger partial charge in [-0.2, -0.15) is 0 Å². The first-order valence-electron chi connectivity index (χ1n) is 8.30. The van der Waals surface area contributed by atoms with E-state index in [2.05, 4.69) is 0 Å². The van der Waals surface area contributed by atoms with Crippen LogP contribution in [-0.4, -0.2) is 18.0 Å². The van der Waals surface area contributed by atoms with Gasteiger partial charge in [0.05, 0.1) is 12.2 Å². The van der Waals surface area contributed by atoms with Gasteiger partial charge >= 0.3 is 0 Å². The number of hydrogen-bond donors (Lipinski definition) is 0. The van der Waals surface area contributed by atoms with Gasteiger partial charge in [0.15, 0.2) is 5.78 Å². The van der Waals surface area contributed by atoms with Crippen molar-refractivity contribution in [3.05, 3.63) is 60.2 Å². The number of Topliss-reactive ketones (excluding diaryl/α,β-unsaturated/α-hetero) is 1. The Hall–Kier alpha value is -2.13. The van der Waals surface area contributed by atoms with Crippen LogP contribution in [0.3, 0.4) is 0 Å². The molecule has 0 N–H and O–H groups in total. The number of fused-ring (bicyclic) bond motifs is 2. The van der Waals surface area contributed by atoms with Gasteiger partial charge in [-0.25, -0.2) is 0 Å². The normalized spacial score (nSPS) is 26.0. The number of ether oxygens (including phenoxy) is 2.